The van der Waals surface area contributed by atoms with Gasteiger partial charge in [0.2, 0.25) is 5.91 Å². The summed E-state index contributed by atoms with van der Waals surface area (Å²) in [4.78, 5) is 11.8. The van der Waals surface area contributed by atoms with E-state index < -0.39 is 0 Å². The molecule has 0 spiro atoms. The third-order valence-electron chi connectivity index (χ3n) is 3.51. The number of hydrogen-bond donors (Lipinski definition) is 2. The van der Waals surface area contributed by atoms with Gasteiger partial charge in [-0.1, -0.05) is 6.07 Å². The summed E-state index contributed by atoms with van der Waals surface area (Å²) in [5.41, 5.74) is 1.92. The van der Waals surface area contributed by atoms with Crippen LogP contribution in [0.25, 0.3) is 0 Å². The number of amides is 1. The first-order valence-electron chi connectivity index (χ1n) is 6.28. The predicted octanol–water partition coefficient (Wildman–Crippen LogP) is 1.90. The van der Waals surface area contributed by atoms with Gasteiger partial charge in [0.05, 0.1) is 20.4 Å². The number of benzene rings is 1. The number of methoxy groups -OCH3 is 2. The summed E-state index contributed by atoms with van der Waals surface area (Å²) in [5.74, 6) is 1.97. The molecule has 20 heavy (non-hydrogen) atoms. The number of aromatic nitrogens is 2. The second kappa shape index (κ2) is 4.88. The standard InChI is InChI=1S/C14H15N3O3/c1-19-8-3-4-9(12(5-8)20-2)10-6-13(18)16-14-11(10)7-15-17-14/h3-5,7,10H,6H2,1-2H3,(H2,15,16,17,18). The Balaban J connectivity index is 2.08. The monoisotopic (exact) mass is 273 g/mol. The number of fused-ring (bicyclic) bond motifs is 1. The van der Waals surface area contributed by atoms with Gasteiger partial charge in [0, 0.05) is 29.5 Å². The van der Waals surface area contributed by atoms with Crippen LogP contribution >= 0.6 is 0 Å². The molecule has 1 aromatic heterocycles. The number of aromatic amines is 1. The van der Waals surface area contributed by atoms with E-state index in [2.05, 4.69) is 15.5 Å². The molecule has 2 aromatic rings. The zero-order valence-electron chi connectivity index (χ0n) is 11.3. The van der Waals surface area contributed by atoms with Gasteiger partial charge in [-0.3, -0.25) is 9.89 Å². The number of carbonyl (C=O) groups excluding carboxylic acids is 1. The summed E-state index contributed by atoms with van der Waals surface area (Å²) >= 11 is 0. The molecule has 2 heterocycles. The van der Waals surface area contributed by atoms with E-state index in [1.165, 1.54) is 0 Å². The molecule has 1 aromatic carbocycles. The van der Waals surface area contributed by atoms with Gasteiger partial charge in [0.1, 0.15) is 17.3 Å². The number of hydrogen-bond acceptors (Lipinski definition) is 4. The number of nitrogens with zero attached hydrogens (tertiary/aromatic N) is 1. The average Bonchev–Trinajstić information content (AvgIpc) is 2.93. The highest BCUT2D eigenvalue weighted by molar-refractivity contribution is 5.94. The van der Waals surface area contributed by atoms with Crippen LogP contribution in [-0.2, 0) is 4.79 Å². The summed E-state index contributed by atoms with van der Waals surface area (Å²) in [6.07, 6.45) is 2.11. The molecule has 1 atom stereocenters. The lowest BCUT2D eigenvalue weighted by Crippen LogP contribution is -2.23. The predicted molar refractivity (Wildman–Crippen MR) is 73.2 cm³/mol. The smallest absolute Gasteiger partial charge is 0.226 e. The van der Waals surface area contributed by atoms with Gasteiger partial charge >= 0.3 is 0 Å². The van der Waals surface area contributed by atoms with E-state index >= 15 is 0 Å². The Morgan fingerprint density at radius 2 is 2.10 bits per heavy atom. The number of ether oxygens (including phenoxy) is 2. The molecule has 2 N–H and O–H groups in total. The van der Waals surface area contributed by atoms with Gasteiger partial charge in [-0.25, -0.2) is 0 Å². The van der Waals surface area contributed by atoms with Gasteiger partial charge in [0.15, 0.2) is 0 Å². The van der Waals surface area contributed by atoms with E-state index in [1.807, 2.05) is 18.2 Å². The lowest BCUT2D eigenvalue weighted by molar-refractivity contribution is -0.116. The Morgan fingerprint density at radius 3 is 2.85 bits per heavy atom. The van der Waals surface area contributed by atoms with Crippen molar-refractivity contribution in [1.82, 2.24) is 10.2 Å². The number of nitrogens with one attached hydrogen (secondary N) is 2. The van der Waals surface area contributed by atoms with E-state index in [-0.39, 0.29) is 11.8 Å². The van der Waals surface area contributed by atoms with E-state index in [0.717, 1.165) is 16.9 Å². The van der Waals surface area contributed by atoms with Crippen LogP contribution in [0.1, 0.15) is 23.5 Å². The maximum Gasteiger partial charge on any atom is 0.226 e. The van der Waals surface area contributed by atoms with Gasteiger partial charge in [-0.15, -0.1) is 0 Å². The third kappa shape index (κ3) is 1.99. The Hall–Kier alpha value is -2.50. The molecule has 0 saturated heterocycles. The Bertz CT molecular complexity index is 651. The molecule has 1 aliphatic heterocycles. The lowest BCUT2D eigenvalue weighted by atomic mass is 9.87. The molecule has 0 radical (unpaired) electrons. The van der Waals surface area contributed by atoms with Crippen LogP contribution in [0.3, 0.4) is 0 Å². The second-order valence-corrected chi connectivity index (χ2v) is 4.61. The summed E-state index contributed by atoms with van der Waals surface area (Å²) in [7, 11) is 3.22. The van der Waals surface area contributed by atoms with Crippen molar-refractivity contribution in [1.29, 1.82) is 0 Å². The maximum atomic E-state index is 11.8. The molecular formula is C14H15N3O3. The first-order chi connectivity index (χ1) is 9.72. The molecule has 0 aliphatic carbocycles. The van der Waals surface area contributed by atoms with Crippen molar-refractivity contribution in [2.24, 2.45) is 0 Å². The fourth-order valence-corrected chi connectivity index (χ4v) is 2.53. The van der Waals surface area contributed by atoms with Crippen molar-refractivity contribution in [2.75, 3.05) is 19.5 Å². The van der Waals surface area contributed by atoms with Crippen LogP contribution in [0, 0.1) is 0 Å². The number of rotatable bonds is 3. The van der Waals surface area contributed by atoms with Crippen LogP contribution in [0.15, 0.2) is 24.4 Å². The van der Waals surface area contributed by atoms with Crippen molar-refractivity contribution >= 4 is 11.7 Å². The molecule has 1 amide bonds. The van der Waals surface area contributed by atoms with Crippen molar-refractivity contribution in [2.45, 2.75) is 12.3 Å². The van der Waals surface area contributed by atoms with E-state index in [1.54, 1.807) is 20.4 Å². The zero-order valence-corrected chi connectivity index (χ0v) is 11.3. The third-order valence-corrected chi connectivity index (χ3v) is 3.51. The highest BCUT2D eigenvalue weighted by Gasteiger charge is 2.30. The number of anilines is 1. The molecular weight excluding hydrogens is 258 g/mol. The summed E-state index contributed by atoms with van der Waals surface area (Å²) in [6, 6.07) is 5.61. The quantitative estimate of drug-likeness (QED) is 0.895. The van der Waals surface area contributed by atoms with Gasteiger partial charge in [-0.05, 0) is 6.07 Å². The number of carbonyl (C=O) groups is 1. The molecule has 104 valence electrons. The van der Waals surface area contributed by atoms with Gasteiger partial charge in [-0.2, -0.15) is 5.10 Å². The Labute approximate surface area is 116 Å². The SMILES string of the molecule is COc1ccc(C2CC(=O)Nc3[nH]ncc32)c(OC)c1. The van der Waals surface area contributed by atoms with Crippen molar-refractivity contribution < 1.29 is 14.3 Å². The fourth-order valence-electron chi connectivity index (χ4n) is 2.53. The Kier molecular flexibility index (Phi) is 3.06. The van der Waals surface area contributed by atoms with Crippen LogP contribution < -0.4 is 14.8 Å². The molecule has 0 saturated carbocycles. The average molecular weight is 273 g/mol. The van der Waals surface area contributed by atoms with Crippen molar-refractivity contribution in [3.05, 3.63) is 35.5 Å². The first kappa shape index (κ1) is 12.5. The molecule has 1 unspecified atom stereocenters. The number of H-pyrrole nitrogens is 1. The molecule has 0 fully saturated rings. The summed E-state index contributed by atoms with van der Waals surface area (Å²) in [6.45, 7) is 0. The van der Waals surface area contributed by atoms with E-state index in [4.69, 9.17) is 9.47 Å². The molecule has 3 rings (SSSR count). The summed E-state index contributed by atoms with van der Waals surface area (Å²) < 4.78 is 10.6. The second-order valence-electron chi connectivity index (χ2n) is 4.61. The normalized spacial score (nSPS) is 17.3. The molecule has 6 heteroatoms. The minimum absolute atomic E-state index is 0.0374. The van der Waals surface area contributed by atoms with E-state index in [0.29, 0.717) is 18.0 Å². The Morgan fingerprint density at radius 1 is 1.25 bits per heavy atom. The highest BCUT2D eigenvalue weighted by Crippen LogP contribution is 2.40. The van der Waals surface area contributed by atoms with Crippen LogP contribution in [0.4, 0.5) is 5.82 Å². The van der Waals surface area contributed by atoms with Crippen molar-refractivity contribution in [3.8, 4) is 11.5 Å². The molecule has 1 aliphatic rings. The topological polar surface area (TPSA) is 76.2 Å². The minimum Gasteiger partial charge on any atom is -0.497 e. The highest BCUT2D eigenvalue weighted by atomic mass is 16.5. The van der Waals surface area contributed by atoms with E-state index in [9.17, 15) is 4.79 Å². The van der Waals surface area contributed by atoms with Crippen LogP contribution in [-0.4, -0.2) is 30.3 Å². The fraction of sp³-hybridized carbons (Fsp3) is 0.286. The van der Waals surface area contributed by atoms with Crippen LogP contribution in [0.2, 0.25) is 0 Å². The maximum absolute atomic E-state index is 11.8. The molecule has 6 nitrogen and oxygen atoms in total. The van der Waals surface area contributed by atoms with Crippen molar-refractivity contribution in [3.63, 3.8) is 0 Å². The molecule has 0 bridgehead atoms. The van der Waals surface area contributed by atoms with Gasteiger partial charge in [0.25, 0.3) is 0 Å². The van der Waals surface area contributed by atoms with Gasteiger partial charge < -0.3 is 14.8 Å². The largest absolute Gasteiger partial charge is 0.497 e. The lowest BCUT2D eigenvalue weighted by Gasteiger charge is -2.24. The zero-order chi connectivity index (χ0) is 14.1. The first-order valence-corrected chi connectivity index (χ1v) is 6.28. The summed E-state index contributed by atoms with van der Waals surface area (Å²) in [5, 5.41) is 9.58. The van der Waals surface area contributed by atoms with Crippen LogP contribution in [0.5, 0.6) is 11.5 Å². The minimum atomic E-state index is -0.0710.